The van der Waals surface area contributed by atoms with Crippen LogP contribution in [0.4, 0.5) is 11.4 Å². The first kappa shape index (κ1) is 14.1. The molecule has 112 valence electrons. The summed E-state index contributed by atoms with van der Waals surface area (Å²) in [6.07, 6.45) is 0.788. The van der Waals surface area contributed by atoms with Crippen molar-refractivity contribution in [2.45, 2.75) is 13.3 Å². The average molecular weight is 293 g/mol. The molecule has 22 heavy (non-hydrogen) atoms. The number of nitrogen functional groups attached to an aromatic ring is 1. The minimum Gasteiger partial charge on any atom is -0.399 e. The van der Waals surface area contributed by atoms with E-state index >= 15 is 0 Å². The number of hydrogen-bond donors (Lipinski definition) is 3. The van der Waals surface area contributed by atoms with Crippen LogP contribution in [0.1, 0.15) is 11.4 Å². The van der Waals surface area contributed by atoms with Crippen molar-refractivity contribution < 1.29 is 0 Å². The van der Waals surface area contributed by atoms with Gasteiger partial charge in [0, 0.05) is 29.9 Å². The lowest BCUT2D eigenvalue weighted by Gasteiger charge is -2.04. The van der Waals surface area contributed by atoms with Gasteiger partial charge in [-0.05, 0) is 43.3 Å². The van der Waals surface area contributed by atoms with E-state index in [9.17, 15) is 0 Å². The maximum atomic E-state index is 5.68. The maximum absolute atomic E-state index is 5.68. The van der Waals surface area contributed by atoms with Crippen LogP contribution in [0, 0.1) is 6.92 Å². The number of nitrogens with two attached hydrogens (primary N) is 1. The highest BCUT2D eigenvalue weighted by atomic mass is 15.2. The molecule has 0 saturated heterocycles. The first-order chi connectivity index (χ1) is 10.7. The summed E-state index contributed by atoms with van der Waals surface area (Å²) >= 11 is 0. The number of rotatable bonds is 5. The third-order valence-corrected chi connectivity index (χ3v) is 3.44. The third-order valence-electron chi connectivity index (χ3n) is 3.44. The van der Waals surface area contributed by atoms with Gasteiger partial charge in [-0.15, -0.1) is 0 Å². The molecule has 5 heteroatoms. The summed E-state index contributed by atoms with van der Waals surface area (Å²) in [6.45, 7) is 2.89. The Morgan fingerprint density at radius 2 is 1.77 bits per heavy atom. The normalized spacial score (nSPS) is 10.6. The molecule has 0 spiro atoms. The molecule has 1 aromatic heterocycles. The van der Waals surface area contributed by atoms with Crippen LogP contribution in [-0.4, -0.2) is 21.7 Å². The van der Waals surface area contributed by atoms with Crippen LogP contribution in [0.2, 0.25) is 0 Å². The van der Waals surface area contributed by atoms with Gasteiger partial charge in [0.1, 0.15) is 5.82 Å². The molecule has 0 aliphatic heterocycles. The Kier molecular flexibility index (Phi) is 4.05. The van der Waals surface area contributed by atoms with Crippen LogP contribution in [0.3, 0.4) is 0 Å². The predicted molar refractivity (Wildman–Crippen MR) is 89.6 cm³/mol. The Morgan fingerprint density at radius 3 is 2.50 bits per heavy atom. The quantitative estimate of drug-likeness (QED) is 0.632. The molecule has 1 heterocycles. The van der Waals surface area contributed by atoms with E-state index in [0.717, 1.165) is 35.7 Å². The molecule has 5 nitrogen and oxygen atoms in total. The molecule has 0 bridgehead atoms. The van der Waals surface area contributed by atoms with Gasteiger partial charge < -0.3 is 11.1 Å². The number of anilines is 2. The number of nitrogens with one attached hydrogen (secondary N) is 2. The number of nitrogens with zero attached hydrogens (tertiary/aromatic N) is 2. The third kappa shape index (κ3) is 3.44. The van der Waals surface area contributed by atoms with Gasteiger partial charge in [-0.1, -0.05) is 17.7 Å². The monoisotopic (exact) mass is 293 g/mol. The minimum absolute atomic E-state index is 0.699. The van der Waals surface area contributed by atoms with Crippen LogP contribution in [-0.2, 0) is 6.42 Å². The number of hydrogen-bond acceptors (Lipinski definition) is 4. The first-order valence-electron chi connectivity index (χ1n) is 7.28. The molecule has 0 unspecified atom stereocenters. The Hall–Kier alpha value is -2.82. The lowest BCUT2D eigenvalue weighted by molar-refractivity contribution is 0.901. The summed E-state index contributed by atoms with van der Waals surface area (Å²) < 4.78 is 0. The van der Waals surface area contributed by atoms with Gasteiger partial charge in [0.25, 0.3) is 0 Å². The molecule has 3 aromatic rings. The van der Waals surface area contributed by atoms with E-state index in [0.29, 0.717) is 5.82 Å². The fourth-order valence-electron chi connectivity index (χ4n) is 2.17. The van der Waals surface area contributed by atoms with E-state index in [-0.39, 0.29) is 0 Å². The Morgan fingerprint density at radius 1 is 1.05 bits per heavy atom. The summed E-state index contributed by atoms with van der Waals surface area (Å²) in [5, 5.41) is 10.6. The van der Waals surface area contributed by atoms with Gasteiger partial charge in [-0.3, -0.25) is 5.10 Å². The summed E-state index contributed by atoms with van der Waals surface area (Å²) in [5.74, 6) is 1.57. The molecule has 0 amide bonds. The van der Waals surface area contributed by atoms with E-state index in [4.69, 9.17) is 5.73 Å². The summed E-state index contributed by atoms with van der Waals surface area (Å²) in [5.41, 5.74) is 9.76. The summed E-state index contributed by atoms with van der Waals surface area (Å²) in [4.78, 5) is 4.51. The lowest BCUT2D eigenvalue weighted by Crippen LogP contribution is -2.05. The molecule has 0 fully saturated rings. The number of aromatic amines is 1. The van der Waals surface area contributed by atoms with Crippen LogP contribution in [0.15, 0.2) is 48.5 Å². The van der Waals surface area contributed by atoms with Gasteiger partial charge in [0.05, 0.1) is 0 Å². The molecule has 4 N–H and O–H groups in total. The number of aryl methyl sites for hydroxylation is 1. The highest BCUT2D eigenvalue weighted by Gasteiger charge is 2.05. The zero-order valence-corrected chi connectivity index (χ0v) is 12.5. The molecular formula is C17H19N5. The van der Waals surface area contributed by atoms with Crippen molar-refractivity contribution >= 4 is 11.4 Å². The molecule has 3 rings (SSSR count). The van der Waals surface area contributed by atoms with Crippen molar-refractivity contribution in [2.24, 2.45) is 0 Å². The Labute approximate surface area is 129 Å². The van der Waals surface area contributed by atoms with E-state index in [2.05, 4.69) is 51.7 Å². The van der Waals surface area contributed by atoms with Gasteiger partial charge in [-0.25, -0.2) is 4.98 Å². The van der Waals surface area contributed by atoms with E-state index in [1.807, 2.05) is 24.3 Å². The van der Waals surface area contributed by atoms with E-state index in [1.165, 1.54) is 5.56 Å². The molecular weight excluding hydrogens is 274 g/mol. The standard InChI is InChI=1S/C17H19N5/c1-12-2-8-15(9-3-12)19-11-10-16-20-17(22-21-16)13-4-6-14(18)7-5-13/h2-9,19H,10-11,18H2,1H3,(H,20,21,22). The van der Waals surface area contributed by atoms with Crippen molar-refractivity contribution in [3.63, 3.8) is 0 Å². The Balaban J connectivity index is 1.57. The second kappa shape index (κ2) is 6.30. The summed E-state index contributed by atoms with van der Waals surface area (Å²) in [7, 11) is 0. The largest absolute Gasteiger partial charge is 0.399 e. The zero-order chi connectivity index (χ0) is 15.4. The second-order valence-corrected chi connectivity index (χ2v) is 5.27. The number of benzene rings is 2. The molecule has 0 aliphatic rings. The van der Waals surface area contributed by atoms with Crippen LogP contribution >= 0.6 is 0 Å². The van der Waals surface area contributed by atoms with E-state index in [1.54, 1.807) is 0 Å². The van der Waals surface area contributed by atoms with Crippen molar-refractivity contribution in [1.82, 2.24) is 15.2 Å². The predicted octanol–water partition coefficient (Wildman–Crippen LogP) is 3.02. The zero-order valence-electron chi connectivity index (χ0n) is 12.5. The van der Waals surface area contributed by atoms with Gasteiger partial charge in [-0.2, -0.15) is 5.10 Å². The van der Waals surface area contributed by atoms with Gasteiger partial charge in [0.15, 0.2) is 5.82 Å². The van der Waals surface area contributed by atoms with Crippen molar-refractivity contribution in [3.05, 3.63) is 59.9 Å². The van der Waals surface area contributed by atoms with Crippen molar-refractivity contribution in [3.8, 4) is 11.4 Å². The average Bonchev–Trinajstić information content (AvgIpc) is 2.99. The molecule has 2 aromatic carbocycles. The molecule has 0 aliphatic carbocycles. The lowest BCUT2D eigenvalue weighted by atomic mass is 10.2. The van der Waals surface area contributed by atoms with Crippen LogP contribution in [0.5, 0.6) is 0 Å². The van der Waals surface area contributed by atoms with Crippen molar-refractivity contribution in [2.75, 3.05) is 17.6 Å². The fourth-order valence-corrected chi connectivity index (χ4v) is 2.17. The number of aromatic nitrogens is 3. The number of H-pyrrole nitrogens is 1. The second-order valence-electron chi connectivity index (χ2n) is 5.27. The minimum atomic E-state index is 0.699. The fraction of sp³-hybridized carbons (Fsp3) is 0.176. The smallest absolute Gasteiger partial charge is 0.181 e. The van der Waals surface area contributed by atoms with Crippen LogP contribution in [0.25, 0.3) is 11.4 Å². The topological polar surface area (TPSA) is 79.6 Å². The van der Waals surface area contributed by atoms with Gasteiger partial charge in [0.2, 0.25) is 0 Å². The summed E-state index contributed by atoms with van der Waals surface area (Å²) in [6, 6.07) is 15.9. The molecule has 0 radical (unpaired) electrons. The highest BCUT2D eigenvalue weighted by molar-refractivity contribution is 5.58. The van der Waals surface area contributed by atoms with Crippen molar-refractivity contribution in [1.29, 1.82) is 0 Å². The first-order valence-corrected chi connectivity index (χ1v) is 7.28. The van der Waals surface area contributed by atoms with Crippen LogP contribution < -0.4 is 11.1 Å². The maximum Gasteiger partial charge on any atom is 0.181 e. The molecule has 0 atom stereocenters. The van der Waals surface area contributed by atoms with E-state index < -0.39 is 0 Å². The Bertz CT molecular complexity index is 729. The molecule has 0 saturated carbocycles. The highest BCUT2D eigenvalue weighted by Crippen LogP contribution is 2.16. The SMILES string of the molecule is Cc1ccc(NCCc2nc(-c3ccc(N)cc3)n[nH]2)cc1. The van der Waals surface area contributed by atoms with Gasteiger partial charge >= 0.3 is 0 Å².